The Morgan fingerprint density at radius 1 is 1.55 bits per heavy atom. The molecular formula is C6H9F3N2. The predicted molar refractivity (Wildman–Crippen MR) is 35.6 cm³/mol. The van der Waals surface area contributed by atoms with Crippen molar-refractivity contribution in [1.29, 1.82) is 0 Å². The zero-order valence-electron chi connectivity index (χ0n) is 6.15. The topological polar surface area (TPSA) is 15.6 Å². The van der Waals surface area contributed by atoms with Gasteiger partial charge < -0.3 is 4.90 Å². The first-order chi connectivity index (χ1) is 5.05. The highest BCUT2D eigenvalue weighted by molar-refractivity contribution is 5.88. The Labute approximate surface area is 62.7 Å². The fourth-order valence-electron chi connectivity index (χ4n) is 1.06. The molecular weight excluding hydrogens is 157 g/mol. The fourth-order valence-corrected chi connectivity index (χ4v) is 1.06. The summed E-state index contributed by atoms with van der Waals surface area (Å²) in [5.74, 6) is -0.722. The van der Waals surface area contributed by atoms with Crippen LogP contribution in [-0.2, 0) is 0 Å². The molecule has 0 aromatic rings. The first-order valence-corrected chi connectivity index (χ1v) is 3.42. The molecule has 0 N–H and O–H groups in total. The lowest BCUT2D eigenvalue weighted by Crippen LogP contribution is -2.38. The van der Waals surface area contributed by atoms with Gasteiger partial charge in [-0.2, -0.15) is 13.2 Å². The molecule has 11 heavy (non-hydrogen) atoms. The number of rotatable bonds is 1. The normalized spacial score (nSPS) is 18.9. The lowest BCUT2D eigenvalue weighted by atomic mass is 10.4. The highest BCUT2D eigenvalue weighted by atomic mass is 19.4. The molecule has 0 aromatic carbocycles. The average molecular weight is 166 g/mol. The van der Waals surface area contributed by atoms with E-state index in [2.05, 4.69) is 4.99 Å². The van der Waals surface area contributed by atoms with Gasteiger partial charge in [-0.25, -0.2) is 0 Å². The summed E-state index contributed by atoms with van der Waals surface area (Å²) < 4.78 is 36.1. The molecule has 0 fully saturated rings. The smallest absolute Gasteiger partial charge is 0.351 e. The van der Waals surface area contributed by atoms with Gasteiger partial charge in [0.25, 0.3) is 0 Å². The van der Waals surface area contributed by atoms with Crippen LogP contribution in [0, 0.1) is 0 Å². The van der Waals surface area contributed by atoms with Crippen LogP contribution >= 0.6 is 0 Å². The summed E-state index contributed by atoms with van der Waals surface area (Å²) in [7, 11) is 0. The maximum Gasteiger partial charge on any atom is 0.449 e. The van der Waals surface area contributed by atoms with E-state index in [1.165, 1.54) is 4.90 Å². The van der Waals surface area contributed by atoms with Gasteiger partial charge in [0.15, 0.2) is 0 Å². The number of amidine groups is 1. The molecule has 0 amide bonds. The van der Waals surface area contributed by atoms with Gasteiger partial charge >= 0.3 is 6.18 Å². The molecule has 1 aliphatic heterocycles. The molecule has 64 valence electrons. The number of hydrogen-bond donors (Lipinski definition) is 0. The van der Waals surface area contributed by atoms with Gasteiger partial charge in [-0.05, 0) is 6.92 Å². The Hall–Kier alpha value is -0.740. The SMILES string of the molecule is CCN1CCN=C1C(F)(F)F. The summed E-state index contributed by atoms with van der Waals surface area (Å²) in [5, 5.41) is 0. The van der Waals surface area contributed by atoms with Gasteiger partial charge in [-0.1, -0.05) is 0 Å². The van der Waals surface area contributed by atoms with Crippen LogP contribution in [0.15, 0.2) is 4.99 Å². The van der Waals surface area contributed by atoms with E-state index >= 15 is 0 Å². The predicted octanol–water partition coefficient (Wildman–Crippen LogP) is 1.28. The van der Waals surface area contributed by atoms with E-state index in [1.807, 2.05) is 0 Å². The first-order valence-electron chi connectivity index (χ1n) is 3.42. The molecule has 0 spiro atoms. The van der Waals surface area contributed by atoms with Crippen LogP contribution in [0.25, 0.3) is 0 Å². The molecule has 1 heterocycles. The second kappa shape index (κ2) is 2.71. The zero-order valence-corrected chi connectivity index (χ0v) is 6.15. The summed E-state index contributed by atoms with van der Waals surface area (Å²) >= 11 is 0. The largest absolute Gasteiger partial charge is 0.449 e. The quantitative estimate of drug-likeness (QED) is 0.573. The summed E-state index contributed by atoms with van der Waals surface area (Å²) in [5.41, 5.74) is 0. The molecule has 0 saturated carbocycles. The van der Waals surface area contributed by atoms with Gasteiger partial charge in [-0.15, -0.1) is 0 Å². The van der Waals surface area contributed by atoms with Crippen LogP contribution in [-0.4, -0.2) is 36.5 Å². The fraction of sp³-hybridized carbons (Fsp3) is 0.833. The van der Waals surface area contributed by atoms with Crippen LogP contribution in [0.1, 0.15) is 6.92 Å². The third-order valence-electron chi connectivity index (χ3n) is 1.57. The Morgan fingerprint density at radius 2 is 2.18 bits per heavy atom. The van der Waals surface area contributed by atoms with Crippen LogP contribution < -0.4 is 0 Å². The van der Waals surface area contributed by atoms with Crippen molar-refractivity contribution in [2.24, 2.45) is 4.99 Å². The first kappa shape index (κ1) is 8.36. The Bertz CT molecular complexity index is 173. The Kier molecular flexibility index (Phi) is 2.06. The van der Waals surface area contributed by atoms with Crippen molar-refractivity contribution in [1.82, 2.24) is 4.90 Å². The lowest BCUT2D eigenvalue weighted by molar-refractivity contribution is -0.0671. The number of alkyl halides is 3. The molecule has 0 unspecified atom stereocenters. The van der Waals surface area contributed by atoms with Crippen LogP contribution in [0.2, 0.25) is 0 Å². The summed E-state index contributed by atoms with van der Waals surface area (Å²) in [6, 6.07) is 0. The maximum absolute atomic E-state index is 12.0. The van der Waals surface area contributed by atoms with E-state index in [4.69, 9.17) is 0 Å². The van der Waals surface area contributed by atoms with E-state index in [-0.39, 0.29) is 6.54 Å². The van der Waals surface area contributed by atoms with Gasteiger partial charge in [0.2, 0.25) is 5.84 Å². The lowest BCUT2D eigenvalue weighted by Gasteiger charge is -2.19. The van der Waals surface area contributed by atoms with E-state index in [0.29, 0.717) is 13.1 Å². The summed E-state index contributed by atoms with van der Waals surface area (Å²) in [6.07, 6.45) is -4.27. The van der Waals surface area contributed by atoms with E-state index in [9.17, 15) is 13.2 Å². The highest BCUT2D eigenvalue weighted by Crippen LogP contribution is 2.22. The van der Waals surface area contributed by atoms with E-state index in [0.717, 1.165) is 0 Å². The minimum absolute atomic E-state index is 0.267. The molecule has 1 rings (SSSR count). The molecule has 5 heteroatoms. The van der Waals surface area contributed by atoms with E-state index < -0.39 is 12.0 Å². The van der Waals surface area contributed by atoms with E-state index in [1.54, 1.807) is 6.92 Å². The van der Waals surface area contributed by atoms with Gasteiger partial charge in [0.1, 0.15) is 0 Å². The third-order valence-corrected chi connectivity index (χ3v) is 1.57. The Balaban J connectivity index is 2.71. The molecule has 2 nitrogen and oxygen atoms in total. The molecule has 0 aliphatic carbocycles. The number of hydrogen-bond acceptors (Lipinski definition) is 2. The number of likely N-dealkylation sites (N-methyl/N-ethyl adjacent to an activating group) is 1. The van der Waals surface area contributed by atoms with Crippen molar-refractivity contribution in [3.05, 3.63) is 0 Å². The van der Waals surface area contributed by atoms with Crippen LogP contribution in [0.3, 0.4) is 0 Å². The van der Waals surface area contributed by atoms with Crippen molar-refractivity contribution in [3.8, 4) is 0 Å². The third kappa shape index (κ3) is 1.64. The molecule has 0 atom stereocenters. The number of aliphatic imine (C=N–C) groups is 1. The van der Waals surface area contributed by atoms with Gasteiger partial charge in [0, 0.05) is 13.1 Å². The average Bonchev–Trinajstić information content (AvgIpc) is 2.31. The van der Waals surface area contributed by atoms with Crippen molar-refractivity contribution in [2.45, 2.75) is 13.1 Å². The monoisotopic (exact) mass is 166 g/mol. The Morgan fingerprint density at radius 3 is 2.55 bits per heavy atom. The molecule has 0 aromatic heterocycles. The second-order valence-corrected chi connectivity index (χ2v) is 2.28. The number of nitrogens with zero attached hydrogens (tertiary/aromatic N) is 2. The minimum Gasteiger partial charge on any atom is -0.351 e. The summed E-state index contributed by atoms with van der Waals surface area (Å²) in [4.78, 5) is 4.61. The summed E-state index contributed by atoms with van der Waals surface area (Å²) in [6.45, 7) is 2.72. The second-order valence-electron chi connectivity index (χ2n) is 2.28. The molecule has 0 saturated heterocycles. The van der Waals surface area contributed by atoms with Crippen LogP contribution in [0.4, 0.5) is 13.2 Å². The maximum atomic E-state index is 12.0. The minimum atomic E-state index is -4.27. The molecule has 1 aliphatic rings. The standard InChI is InChI=1S/C6H9F3N2/c1-2-11-4-3-10-5(11)6(7,8)9/h2-4H2,1H3. The van der Waals surface area contributed by atoms with Crippen molar-refractivity contribution in [3.63, 3.8) is 0 Å². The highest BCUT2D eigenvalue weighted by Gasteiger charge is 2.40. The van der Waals surface area contributed by atoms with Crippen molar-refractivity contribution >= 4 is 5.84 Å². The van der Waals surface area contributed by atoms with Gasteiger partial charge in [-0.3, -0.25) is 4.99 Å². The van der Waals surface area contributed by atoms with Gasteiger partial charge in [0.05, 0.1) is 6.54 Å². The van der Waals surface area contributed by atoms with Crippen molar-refractivity contribution < 1.29 is 13.2 Å². The number of halogens is 3. The van der Waals surface area contributed by atoms with Crippen molar-refractivity contribution in [2.75, 3.05) is 19.6 Å². The van der Waals surface area contributed by atoms with Crippen LogP contribution in [0.5, 0.6) is 0 Å². The zero-order chi connectivity index (χ0) is 8.48. The molecule has 0 bridgehead atoms. The molecule has 0 radical (unpaired) electrons.